The molecule has 108 valence electrons. The molecule has 1 aliphatic rings. The Morgan fingerprint density at radius 1 is 1.35 bits per heavy atom. The molecule has 4 nitrogen and oxygen atoms in total. The highest BCUT2D eigenvalue weighted by Crippen LogP contribution is 2.24. The van der Waals surface area contributed by atoms with Crippen LogP contribution in [0, 0.1) is 5.92 Å². The second-order valence-corrected chi connectivity index (χ2v) is 5.93. The zero-order chi connectivity index (χ0) is 14.7. The lowest BCUT2D eigenvalue weighted by Crippen LogP contribution is -2.60. The molecule has 2 amide bonds. The summed E-state index contributed by atoms with van der Waals surface area (Å²) in [6.07, 6.45) is 2.86. The van der Waals surface area contributed by atoms with Crippen LogP contribution in [-0.2, 0) is 9.59 Å². The van der Waals surface area contributed by atoms with Gasteiger partial charge in [0.05, 0.1) is 0 Å². The minimum Gasteiger partial charge on any atom is -0.342 e. The summed E-state index contributed by atoms with van der Waals surface area (Å²) in [5, 5.41) is 2.80. The second kappa shape index (κ2) is 6.31. The van der Waals surface area contributed by atoms with Crippen LogP contribution in [0.15, 0.2) is 29.2 Å². The molecular formula is C15H20N2O2S. The average Bonchev–Trinajstić information content (AvgIpc) is 2.48. The van der Waals surface area contributed by atoms with Crippen LogP contribution < -0.4 is 10.2 Å². The van der Waals surface area contributed by atoms with E-state index in [1.165, 1.54) is 0 Å². The monoisotopic (exact) mass is 292 g/mol. The predicted octanol–water partition coefficient (Wildman–Crippen LogP) is 2.29. The van der Waals surface area contributed by atoms with Crippen molar-refractivity contribution in [2.75, 3.05) is 17.7 Å². The lowest BCUT2D eigenvalue weighted by molar-refractivity contribution is -0.132. The molecule has 2 unspecified atom stereocenters. The topological polar surface area (TPSA) is 49.4 Å². The van der Waals surface area contributed by atoms with Crippen molar-refractivity contribution in [1.29, 1.82) is 0 Å². The number of hydrogen-bond donors (Lipinski definition) is 1. The molecular weight excluding hydrogens is 272 g/mol. The summed E-state index contributed by atoms with van der Waals surface area (Å²) < 4.78 is 0. The number of nitrogens with one attached hydrogen (secondary N) is 1. The van der Waals surface area contributed by atoms with Crippen LogP contribution in [0.3, 0.4) is 0 Å². The van der Waals surface area contributed by atoms with Gasteiger partial charge < -0.3 is 10.2 Å². The summed E-state index contributed by atoms with van der Waals surface area (Å²) in [7, 11) is 0. The van der Waals surface area contributed by atoms with Gasteiger partial charge in [-0.1, -0.05) is 20.3 Å². The van der Waals surface area contributed by atoms with Gasteiger partial charge in [-0.25, -0.2) is 0 Å². The molecule has 1 heterocycles. The molecule has 1 aromatic rings. The second-order valence-electron chi connectivity index (χ2n) is 5.05. The first-order chi connectivity index (χ1) is 9.56. The summed E-state index contributed by atoms with van der Waals surface area (Å²) in [6, 6.07) is 7.32. The third-order valence-electron chi connectivity index (χ3n) is 3.75. The minimum absolute atomic E-state index is 0.0177. The van der Waals surface area contributed by atoms with E-state index < -0.39 is 6.04 Å². The fraction of sp³-hybridized carbons (Fsp3) is 0.467. The fourth-order valence-electron chi connectivity index (χ4n) is 2.27. The molecule has 0 aliphatic carbocycles. The zero-order valence-corrected chi connectivity index (χ0v) is 12.9. The SMILES string of the molecule is CCC(C)C1NC(=O)CN(c2ccc(SC)cc2)C1=O. The molecule has 0 saturated carbocycles. The van der Waals surface area contributed by atoms with E-state index in [0.717, 1.165) is 17.0 Å². The van der Waals surface area contributed by atoms with E-state index in [-0.39, 0.29) is 24.3 Å². The van der Waals surface area contributed by atoms with Crippen molar-refractivity contribution in [3.63, 3.8) is 0 Å². The third-order valence-corrected chi connectivity index (χ3v) is 4.49. The number of benzene rings is 1. The Morgan fingerprint density at radius 3 is 2.55 bits per heavy atom. The summed E-state index contributed by atoms with van der Waals surface area (Å²) >= 11 is 1.65. The number of anilines is 1. The van der Waals surface area contributed by atoms with Crippen molar-refractivity contribution in [2.45, 2.75) is 31.2 Å². The molecule has 1 fully saturated rings. The van der Waals surface area contributed by atoms with Crippen LogP contribution in [0.2, 0.25) is 0 Å². The fourth-order valence-corrected chi connectivity index (χ4v) is 2.68. The van der Waals surface area contributed by atoms with Crippen LogP contribution in [0.5, 0.6) is 0 Å². The Bertz CT molecular complexity index is 501. The molecule has 1 saturated heterocycles. The van der Waals surface area contributed by atoms with Gasteiger partial charge in [0.1, 0.15) is 12.6 Å². The number of rotatable bonds is 4. The van der Waals surface area contributed by atoms with Crippen LogP contribution >= 0.6 is 11.8 Å². The Balaban J connectivity index is 2.24. The van der Waals surface area contributed by atoms with Gasteiger partial charge in [0.25, 0.3) is 0 Å². The molecule has 0 radical (unpaired) electrons. The van der Waals surface area contributed by atoms with Gasteiger partial charge in [0.2, 0.25) is 11.8 Å². The van der Waals surface area contributed by atoms with E-state index in [2.05, 4.69) is 5.32 Å². The standard InChI is InChI=1S/C15H20N2O2S/c1-4-10(2)14-15(19)17(9-13(18)16-14)11-5-7-12(20-3)8-6-11/h5-8,10,14H,4,9H2,1-3H3,(H,16,18). The highest BCUT2D eigenvalue weighted by Gasteiger charge is 2.36. The highest BCUT2D eigenvalue weighted by atomic mass is 32.2. The Kier molecular flexibility index (Phi) is 4.70. The molecule has 1 aliphatic heterocycles. The highest BCUT2D eigenvalue weighted by molar-refractivity contribution is 7.98. The van der Waals surface area contributed by atoms with Gasteiger partial charge in [-0.15, -0.1) is 11.8 Å². The first-order valence-corrected chi connectivity index (χ1v) is 8.04. The number of amides is 2. The van der Waals surface area contributed by atoms with Crippen molar-refractivity contribution in [3.05, 3.63) is 24.3 Å². The molecule has 5 heteroatoms. The maximum absolute atomic E-state index is 12.5. The Labute approximate surface area is 123 Å². The molecule has 0 bridgehead atoms. The molecule has 20 heavy (non-hydrogen) atoms. The summed E-state index contributed by atoms with van der Waals surface area (Å²) in [5.41, 5.74) is 0.788. The Hall–Kier alpha value is -1.49. The number of carbonyl (C=O) groups excluding carboxylic acids is 2. The van der Waals surface area contributed by atoms with E-state index in [1.807, 2.05) is 44.4 Å². The van der Waals surface area contributed by atoms with E-state index in [0.29, 0.717) is 0 Å². The quantitative estimate of drug-likeness (QED) is 0.866. The number of piperazine rings is 1. The average molecular weight is 292 g/mol. The number of thioether (sulfide) groups is 1. The molecule has 2 rings (SSSR count). The number of hydrogen-bond acceptors (Lipinski definition) is 3. The van der Waals surface area contributed by atoms with E-state index in [4.69, 9.17) is 0 Å². The molecule has 1 aromatic carbocycles. The van der Waals surface area contributed by atoms with Crippen molar-refractivity contribution >= 4 is 29.3 Å². The molecule has 2 atom stereocenters. The normalized spacial score (nSPS) is 20.8. The van der Waals surface area contributed by atoms with Gasteiger partial charge in [0.15, 0.2) is 0 Å². The Morgan fingerprint density at radius 2 is 2.00 bits per heavy atom. The molecule has 0 spiro atoms. The van der Waals surface area contributed by atoms with Crippen molar-refractivity contribution in [2.24, 2.45) is 5.92 Å². The van der Waals surface area contributed by atoms with E-state index in [1.54, 1.807) is 16.7 Å². The van der Waals surface area contributed by atoms with Gasteiger partial charge in [-0.05, 0) is 36.4 Å². The van der Waals surface area contributed by atoms with Crippen molar-refractivity contribution in [3.8, 4) is 0 Å². The van der Waals surface area contributed by atoms with Gasteiger partial charge >= 0.3 is 0 Å². The first-order valence-electron chi connectivity index (χ1n) is 6.81. The molecule has 0 aromatic heterocycles. The third kappa shape index (κ3) is 2.98. The van der Waals surface area contributed by atoms with Gasteiger partial charge in [0, 0.05) is 10.6 Å². The van der Waals surface area contributed by atoms with Crippen molar-refractivity contribution in [1.82, 2.24) is 5.32 Å². The van der Waals surface area contributed by atoms with Gasteiger partial charge in [-0.3, -0.25) is 9.59 Å². The zero-order valence-electron chi connectivity index (χ0n) is 12.1. The van der Waals surface area contributed by atoms with Crippen molar-refractivity contribution < 1.29 is 9.59 Å². The largest absolute Gasteiger partial charge is 0.342 e. The van der Waals surface area contributed by atoms with E-state index >= 15 is 0 Å². The summed E-state index contributed by atoms with van der Waals surface area (Å²) in [4.78, 5) is 27.1. The maximum Gasteiger partial charge on any atom is 0.250 e. The predicted molar refractivity (Wildman–Crippen MR) is 82.0 cm³/mol. The lowest BCUT2D eigenvalue weighted by atomic mass is 9.96. The van der Waals surface area contributed by atoms with E-state index in [9.17, 15) is 9.59 Å². The number of carbonyl (C=O) groups is 2. The van der Waals surface area contributed by atoms with Crippen LogP contribution in [0.25, 0.3) is 0 Å². The van der Waals surface area contributed by atoms with Crippen LogP contribution in [0.4, 0.5) is 5.69 Å². The first kappa shape index (κ1) is 14.9. The lowest BCUT2D eigenvalue weighted by Gasteiger charge is -2.35. The minimum atomic E-state index is -0.415. The smallest absolute Gasteiger partial charge is 0.250 e. The van der Waals surface area contributed by atoms with Gasteiger partial charge in [-0.2, -0.15) is 0 Å². The maximum atomic E-state index is 12.5. The summed E-state index contributed by atoms with van der Waals surface area (Å²) in [5.74, 6) is 0.0272. The number of nitrogens with zero attached hydrogens (tertiary/aromatic N) is 1. The summed E-state index contributed by atoms with van der Waals surface area (Å²) in [6.45, 7) is 4.11. The van der Waals surface area contributed by atoms with Crippen LogP contribution in [0.1, 0.15) is 20.3 Å². The van der Waals surface area contributed by atoms with Crippen LogP contribution in [-0.4, -0.2) is 30.7 Å². The molecule has 1 N–H and O–H groups in total.